The van der Waals surface area contributed by atoms with Crippen LogP contribution in [-0.2, 0) is 13.2 Å². The average molecular weight is 340 g/mol. The summed E-state index contributed by atoms with van der Waals surface area (Å²) in [5, 5.41) is 14.3. The number of rotatable bonds is 1. The van der Waals surface area contributed by atoms with Crippen molar-refractivity contribution in [1.82, 2.24) is 14.3 Å². The van der Waals surface area contributed by atoms with Crippen LogP contribution >= 0.6 is 0 Å². The van der Waals surface area contributed by atoms with Crippen LogP contribution in [0.15, 0.2) is 48.7 Å². The summed E-state index contributed by atoms with van der Waals surface area (Å²) in [4.78, 5) is 0. The van der Waals surface area contributed by atoms with Crippen LogP contribution in [-0.4, -0.2) is 14.3 Å². The fourth-order valence-corrected chi connectivity index (χ4v) is 3.03. The fraction of sp³-hybridized carbons (Fsp3) is 0.111. The van der Waals surface area contributed by atoms with E-state index in [0.29, 0.717) is 16.8 Å². The molecule has 0 bridgehead atoms. The minimum absolute atomic E-state index is 0.504. The molecule has 4 nitrogen and oxygen atoms in total. The second kappa shape index (κ2) is 5.11. The first kappa shape index (κ1) is 15.3. The van der Waals surface area contributed by atoms with Gasteiger partial charge in [0.15, 0.2) is 0 Å². The molecule has 124 valence electrons. The summed E-state index contributed by atoms with van der Waals surface area (Å²) in [5.41, 5.74) is 2.68. The Hall–Kier alpha value is -3.27. The number of nitrogens with zero attached hydrogens (tertiary/aromatic N) is 4. The molecule has 0 aliphatic rings. The molecular weight excluding hydrogens is 329 g/mol. The molecule has 4 aromatic rings. The van der Waals surface area contributed by atoms with Crippen LogP contribution < -0.4 is 0 Å². The molecule has 0 fully saturated rings. The second-order valence-corrected chi connectivity index (χ2v) is 5.76. The molecule has 0 amide bonds. The molecule has 0 aliphatic heterocycles. The lowest BCUT2D eigenvalue weighted by molar-refractivity contribution is -0.137. The van der Waals surface area contributed by atoms with Crippen molar-refractivity contribution < 1.29 is 13.2 Å². The van der Waals surface area contributed by atoms with Crippen molar-refractivity contribution >= 4 is 21.9 Å². The Kier molecular flexibility index (Phi) is 3.12. The number of fused-ring (bicyclic) bond motifs is 3. The van der Waals surface area contributed by atoms with Crippen LogP contribution in [0.5, 0.6) is 0 Å². The minimum Gasteiger partial charge on any atom is -0.306 e. The number of halogens is 3. The molecule has 0 N–H and O–H groups in total. The van der Waals surface area contributed by atoms with E-state index in [1.165, 1.54) is 12.1 Å². The van der Waals surface area contributed by atoms with Crippen LogP contribution in [0, 0.1) is 11.3 Å². The summed E-state index contributed by atoms with van der Waals surface area (Å²) in [6.45, 7) is 0. The smallest absolute Gasteiger partial charge is 0.306 e. The maximum Gasteiger partial charge on any atom is 0.416 e. The predicted octanol–water partition coefficient (Wildman–Crippen LogP) is 4.41. The summed E-state index contributed by atoms with van der Waals surface area (Å²) >= 11 is 0. The molecule has 0 saturated heterocycles. The number of benzene rings is 2. The van der Waals surface area contributed by atoms with Crippen molar-refractivity contribution in [3.8, 4) is 11.8 Å². The number of aromatic nitrogens is 3. The van der Waals surface area contributed by atoms with Gasteiger partial charge in [-0.15, -0.1) is 0 Å². The Morgan fingerprint density at radius 1 is 1.04 bits per heavy atom. The van der Waals surface area contributed by atoms with Gasteiger partial charge >= 0.3 is 6.18 Å². The number of hydrogen-bond acceptors (Lipinski definition) is 2. The zero-order valence-electron chi connectivity index (χ0n) is 13.0. The molecule has 7 heteroatoms. The predicted molar refractivity (Wildman–Crippen MR) is 87.3 cm³/mol. The van der Waals surface area contributed by atoms with Gasteiger partial charge in [-0.3, -0.25) is 4.68 Å². The van der Waals surface area contributed by atoms with E-state index in [-0.39, 0.29) is 0 Å². The molecule has 2 aromatic carbocycles. The number of aryl methyl sites for hydroxylation is 1. The van der Waals surface area contributed by atoms with Crippen molar-refractivity contribution in [2.75, 3.05) is 0 Å². The van der Waals surface area contributed by atoms with Gasteiger partial charge in [0.05, 0.1) is 28.2 Å². The summed E-state index contributed by atoms with van der Waals surface area (Å²) in [6, 6.07) is 12.3. The number of alkyl halides is 3. The first-order valence-corrected chi connectivity index (χ1v) is 7.44. The van der Waals surface area contributed by atoms with Gasteiger partial charge in [0.2, 0.25) is 0 Å². The van der Waals surface area contributed by atoms with Crippen molar-refractivity contribution in [3.05, 3.63) is 59.8 Å². The van der Waals surface area contributed by atoms with Gasteiger partial charge in [0.25, 0.3) is 0 Å². The molecule has 0 aliphatic carbocycles. The van der Waals surface area contributed by atoms with Crippen LogP contribution in [0.25, 0.3) is 27.6 Å². The molecule has 0 radical (unpaired) electrons. The van der Waals surface area contributed by atoms with Gasteiger partial charge in [0, 0.05) is 24.3 Å². The maximum atomic E-state index is 12.8. The van der Waals surface area contributed by atoms with E-state index in [2.05, 4.69) is 11.2 Å². The average Bonchev–Trinajstić information content (AvgIpc) is 3.08. The van der Waals surface area contributed by atoms with Gasteiger partial charge in [-0.2, -0.15) is 23.5 Å². The quantitative estimate of drug-likeness (QED) is 0.515. The van der Waals surface area contributed by atoms with E-state index < -0.39 is 11.7 Å². The lowest BCUT2D eigenvalue weighted by Crippen LogP contribution is -2.05. The van der Waals surface area contributed by atoms with Crippen LogP contribution in [0.4, 0.5) is 13.2 Å². The highest BCUT2D eigenvalue weighted by atomic mass is 19.4. The molecule has 2 heterocycles. The van der Waals surface area contributed by atoms with Crippen molar-refractivity contribution in [1.29, 1.82) is 5.26 Å². The normalized spacial score (nSPS) is 12.0. The summed E-state index contributed by atoms with van der Waals surface area (Å²) < 4.78 is 41.9. The SMILES string of the molecule is Cn1cc2c(n1)c1cc(C#N)ccc1n2-c1ccc(C(F)(F)F)cc1. The van der Waals surface area contributed by atoms with Crippen molar-refractivity contribution in [2.45, 2.75) is 6.18 Å². The minimum atomic E-state index is -4.37. The molecule has 2 aromatic heterocycles. The Labute approximate surface area is 140 Å². The van der Waals surface area contributed by atoms with Gasteiger partial charge in [-0.05, 0) is 42.5 Å². The Bertz CT molecular complexity index is 1140. The maximum absolute atomic E-state index is 12.8. The summed E-state index contributed by atoms with van der Waals surface area (Å²) in [5.74, 6) is 0. The van der Waals surface area contributed by atoms with E-state index in [1.807, 2.05) is 4.57 Å². The highest BCUT2D eigenvalue weighted by Crippen LogP contribution is 2.34. The van der Waals surface area contributed by atoms with E-state index in [1.54, 1.807) is 36.1 Å². The molecule has 0 unspecified atom stereocenters. The number of nitriles is 1. The topological polar surface area (TPSA) is 46.5 Å². The summed E-state index contributed by atoms with van der Waals surface area (Å²) in [7, 11) is 1.77. The summed E-state index contributed by atoms with van der Waals surface area (Å²) in [6.07, 6.45) is -2.57. The Morgan fingerprint density at radius 3 is 2.40 bits per heavy atom. The van der Waals surface area contributed by atoms with Crippen LogP contribution in [0.2, 0.25) is 0 Å². The standard InChI is InChI=1S/C18H11F3N4/c1-24-10-16-17(23-24)14-8-11(9-22)2-7-15(14)25(16)13-5-3-12(4-6-13)18(19,20)21/h2-8,10H,1H3. The largest absolute Gasteiger partial charge is 0.416 e. The van der Waals surface area contributed by atoms with E-state index in [9.17, 15) is 13.2 Å². The molecule has 0 saturated carbocycles. The van der Waals surface area contributed by atoms with Crippen molar-refractivity contribution in [2.24, 2.45) is 7.05 Å². The lowest BCUT2D eigenvalue weighted by Gasteiger charge is -2.10. The van der Waals surface area contributed by atoms with Gasteiger partial charge < -0.3 is 4.57 Å². The molecule has 0 spiro atoms. The number of hydrogen-bond donors (Lipinski definition) is 0. The first-order chi connectivity index (χ1) is 11.9. The third-order valence-electron chi connectivity index (χ3n) is 4.12. The van der Waals surface area contributed by atoms with Crippen LogP contribution in [0.1, 0.15) is 11.1 Å². The van der Waals surface area contributed by atoms with Crippen LogP contribution in [0.3, 0.4) is 0 Å². The Morgan fingerprint density at radius 2 is 1.76 bits per heavy atom. The van der Waals surface area contributed by atoms with Gasteiger partial charge in [0.1, 0.15) is 5.52 Å². The van der Waals surface area contributed by atoms with Crippen molar-refractivity contribution in [3.63, 3.8) is 0 Å². The third kappa shape index (κ3) is 2.34. The van der Waals surface area contributed by atoms with E-state index in [4.69, 9.17) is 5.26 Å². The Balaban J connectivity index is 2.01. The molecule has 0 atom stereocenters. The van der Waals surface area contributed by atoms with E-state index >= 15 is 0 Å². The van der Waals surface area contributed by atoms with E-state index in [0.717, 1.165) is 28.6 Å². The molecule has 25 heavy (non-hydrogen) atoms. The highest BCUT2D eigenvalue weighted by Gasteiger charge is 2.30. The third-order valence-corrected chi connectivity index (χ3v) is 4.12. The van der Waals surface area contributed by atoms with Gasteiger partial charge in [-0.25, -0.2) is 0 Å². The molecule has 4 rings (SSSR count). The highest BCUT2D eigenvalue weighted by molar-refractivity contribution is 6.07. The lowest BCUT2D eigenvalue weighted by atomic mass is 10.1. The molecular formula is C18H11F3N4. The monoisotopic (exact) mass is 340 g/mol. The second-order valence-electron chi connectivity index (χ2n) is 5.76. The fourth-order valence-electron chi connectivity index (χ4n) is 3.03. The zero-order valence-corrected chi connectivity index (χ0v) is 13.0. The zero-order chi connectivity index (χ0) is 17.8. The first-order valence-electron chi connectivity index (χ1n) is 7.44. The van der Waals surface area contributed by atoms with Gasteiger partial charge in [-0.1, -0.05) is 0 Å².